The Hall–Kier alpha value is -4.17. The first-order valence-corrected chi connectivity index (χ1v) is 12.5. The van der Waals surface area contributed by atoms with E-state index in [1.807, 2.05) is 42.5 Å². The number of benzene rings is 3. The molecule has 1 saturated heterocycles. The lowest BCUT2D eigenvalue weighted by Gasteiger charge is -2.27. The van der Waals surface area contributed by atoms with Crippen molar-refractivity contribution in [2.75, 3.05) is 50.2 Å². The van der Waals surface area contributed by atoms with Crippen molar-refractivity contribution in [2.24, 2.45) is 0 Å². The lowest BCUT2D eigenvalue weighted by molar-refractivity contribution is 0.122. The summed E-state index contributed by atoms with van der Waals surface area (Å²) in [6.45, 7) is 3.32. The van der Waals surface area contributed by atoms with Gasteiger partial charge in [0.25, 0.3) is 0 Å². The molecule has 0 unspecified atom stereocenters. The average Bonchev–Trinajstić information content (AvgIpc) is 2.95. The predicted octanol–water partition coefficient (Wildman–Crippen LogP) is 4.67. The van der Waals surface area contributed by atoms with Crippen molar-refractivity contribution >= 4 is 17.3 Å². The number of anilines is 3. The summed E-state index contributed by atoms with van der Waals surface area (Å²) < 4.78 is 16.7. The lowest BCUT2D eigenvalue weighted by Crippen LogP contribution is -2.37. The van der Waals surface area contributed by atoms with E-state index in [1.54, 1.807) is 7.11 Å². The number of ether oxygens (including phenoxy) is 3. The summed E-state index contributed by atoms with van der Waals surface area (Å²) in [5.41, 5.74) is 4.32. The second-order valence-corrected chi connectivity index (χ2v) is 8.74. The van der Waals surface area contributed by atoms with Gasteiger partial charge in [-0.25, -0.2) is 0 Å². The van der Waals surface area contributed by atoms with Crippen molar-refractivity contribution in [3.8, 4) is 11.8 Å². The van der Waals surface area contributed by atoms with Crippen molar-refractivity contribution < 1.29 is 14.2 Å². The van der Waals surface area contributed by atoms with Crippen molar-refractivity contribution in [1.82, 2.24) is 15.0 Å². The third-order valence-electron chi connectivity index (χ3n) is 6.10. The molecular weight excluding hydrogens is 466 g/mol. The zero-order valence-electron chi connectivity index (χ0n) is 21.0. The van der Waals surface area contributed by atoms with Crippen molar-refractivity contribution in [2.45, 2.75) is 12.8 Å². The highest BCUT2D eigenvalue weighted by atomic mass is 16.5. The maximum atomic E-state index is 5.98. The van der Waals surface area contributed by atoms with Gasteiger partial charge in [-0.2, -0.15) is 15.0 Å². The molecular formula is C29H31N5O3. The summed E-state index contributed by atoms with van der Waals surface area (Å²) in [6.07, 6.45) is 1.37. The van der Waals surface area contributed by atoms with Crippen LogP contribution in [0.4, 0.5) is 17.3 Å². The van der Waals surface area contributed by atoms with Gasteiger partial charge < -0.3 is 24.4 Å². The molecule has 8 heteroatoms. The molecule has 1 N–H and O–H groups in total. The van der Waals surface area contributed by atoms with Crippen molar-refractivity contribution in [3.05, 3.63) is 95.8 Å². The van der Waals surface area contributed by atoms with E-state index < -0.39 is 0 Å². The molecule has 1 fully saturated rings. The van der Waals surface area contributed by atoms with E-state index in [1.165, 1.54) is 5.56 Å². The molecule has 0 radical (unpaired) electrons. The van der Waals surface area contributed by atoms with Crippen LogP contribution in [0.1, 0.15) is 17.0 Å². The molecule has 0 aliphatic carbocycles. The van der Waals surface area contributed by atoms with Crippen LogP contribution in [0.5, 0.6) is 11.8 Å². The fourth-order valence-electron chi connectivity index (χ4n) is 4.07. The van der Waals surface area contributed by atoms with Gasteiger partial charge in [-0.1, -0.05) is 42.5 Å². The Bertz CT molecular complexity index is 1260. The van der Waals surface area contributed by atoms with Gasteiger partial charge in [-0.05, 0) is 47.5 Å². The van der Waals surface area contributed by atoms with Gasteiger partial charge in [0.1, 0.15) is 11.6 Å². The fourth-order valence-corrected chi connectivity index (χ4v) is 4.07. The van der Waals surface area contributed by atoms with Crippen LogP contribution in [0, 0.1) is 0 Å². The van der Waals surface area contributed by atoms with Crippen LogP contribution in [0.2, 0.25) is 0 Å². The number of nitrogens with zero attached hydrogens (tertiary/aromatic N) is 4. The van der Waals surface area contributed by atoms with Crippen molar-refractivity contribution in [3.63, 3.8) is 0 Å². The summed E-state index contributed by atoms with van der Waals surface area (Å²) in [4.78, 5) is 16.1. The summed E-state index contributed by atoms with van der Waals surface area (Å²) >= 11 is 0. The van der Waals surface area contributed by atoms with E-state index in [2.05, 4.69) is 56.6 Å². The Morgan fingerprint density at radius 3 is 2.22 bits per heavy atom. The standard InChI is InChI=1S/C29H31N5O3/c1-35-26-13-11-25(12-14-26)30-24-9-7-23(8-10-24)21-27-31-28(34-16-19-36-20-17-34)33-29(32-27)37-18-15-22-5-3-2-4-6-22/h2-14,30H,15-21H2,1H3. The molecule has 0 atom stereocenters. The smallest absolute Gasteiger partial charge is 0.321 e. The van der Waals surface area contributed by atoms with E-state index in [-0.39, 0.29) is 0 Å². The molecule has 0 spiro atoms. The first-order valence-electron chi connectivity index (χ1n) is 12.5. The molecule has 1 aromatic heterocycles. The summed E-state index contributed by atoms with van der Waals surface area (Å²) in [5, 5.41) is 3.41. The molecule has 5 rings (SSSR count). The number of hydrogen-bond acceptors (Lipinski definition) is 8. The lowest BCUT2D eigenvalue weighted by atomic mass is 10.1. The quantitative estimate of drug-likeness (QED) is 0.339. The van der Waals surface area contributed by atoms with E-state index in [4.69, 9.17) is 19.2 Å². The van der Waals surface area contributed by atoms with E-state index in [9.17, 15) is 0 Å². The summed E-state index contributed by atoms with van der Waals surface area (Å²) in [6, 6.07) is 26.7. The number of rotatable bonds is 10. The first-order chi connectivity index (χ1) is 18.2. The van der Waals surface area contributed by atoms with Crippen LogP contribution in [0.3, 0.4) is 0 Å². The number of nitrogens with one attached hydrogen (secondary N) is 1. The first kappa shape index (κ1) is 24.5. The molecule has 2 heterocycles. The molecule has 0 bridgehead atoms. The van der Waals surface area contributed by atoms with Gasteiger partial charge in [0.2, 0.25) is 5.95 Å². The van der Waals surface area contributed by atoms with Gasteiger partial charge in [-0.15, -0.1) is 0 Å². The zero-order valence-corrected chi connectivity index (χ0v) is 21.0. The fraction of sp³-hybridized carbons (Fsp3) is 0.276. The minimum atomic E-state index is 0.361. The van der Waals surface area contributed by atoms with E-state index in [0.29, 0.717) is 44.0 Å². The second kappa shape index (κ2) is 12.2. The number of hydrogen-bond donors (Lipinski definition) is 1. The largest absolute Gasteiger partial charge is 0.497 e. The van der Waals surface area contributed by atoms with Gasteiger partial charge in [0.05, 0.1) is 26.9 Å². The monoisotopic (exact) mass is 497 g/mol. The number of aromatic nitrogens is 3. The second-order valence-electron chi connectivity index (χ2n) is 8.74. The molecule has 190 valence electrons. The molecule has 0 amide bonds. The van der Waals surface area contributed by atoms with E-state index >= 15 is 0 Å². The Morgan fingerprint density at radius 1 is 0.811 bits per heavy atom. The van der Waals surface area contributed by atoms with Crippen LogP contribution in [-0.4, -0.2) is 55.0 Å². The minimum Gasteiger partial charge on any atom is -0.497 e. The van der Waals surface area contributed by atoms with Crippen LogP contribution < -0.4 is 19.7 Å². The highest BCUT2D eigenvalue weighted by molar-refractivity contribution is 5.60. The van der Waals surface area contributed by atoms with Crippen molar-refractivity contribution in [1.29, 1.82) is 0 Å². The maximum Gasteiger partial charge on any atom is 0.321 e. The number of morpholine rings is 1. The Labute approximate surface area is 217 Å². The van der Waals surface area contributed by atoms with Gasteiger partial charge in [0.15, 0.2) is 0 Å². The molecule has 1 aliphatic rings. The molecule has 3 aromatic carbocycles. The molecule has 8 nitrogen and oxygen atoms in total. The summed E-state index contributed by atoms with van der Waals surface area (Å²) in [5.74, 6) is 2.15. The van der Waals surface area contributed by atoms with Crippen LogP contribution >= 0.6 is 0 Å². The Morgan fingerprint density at radius 2 is 1.51 bits per heavy atom. The minimum absolute atomic E-state index is 0.361. The molecule has 4 aromatic rings. The number of methoxy groups -OCH3 is 1. The molecule has 1 aliphatic heterocycles. The SMILES string of the molecule is COc1ccc(Nc2ccc(Cc3nc(OCCc4ccccc4)nc(N4CCOCC4)n3)cc2)cc1. The summed E-state index contributed by atoms with van der Waals surface area (Å²) in [7, 11) is 1.66. The van der Waals surface area contributed by atoms with Gasteiger partial charge in [-0.3, -0.25) is 0 Å². The highest BCUT2D eigenvalue weighted by Gasteiger charge is 2.17. The van der Waals surface area contributed by atoms with Crippen LogP contribution in [-0.2, 0) is 17.6 Å². The predicted molar refractivity (Wildman–Crippen MR) is 144 cm³/mol. The third kappa shape index (κ3) is 6.95. The van der Waals surface area contributed by atoms with Gasteiger partial charge in [0, 0.05) is 37.3 Å². The van der Waals surface area contributed by atoms with E-state index in [0.717, 1.165) is 42.2 Å². The van der Waals surface area contributed by atoms with Crippen LogP contribution in [0.25, 0.3) is 0 Å². The Kier molecular flexibility index (Phi) is 8.07. The normalized spacial score (nSPS) is 13.3. The molecule has 37 heavy (non-hydrogen) atoms. The zero-order chi connectivity index (χ0) is 25.3. The molecule has 0 saturated carbocycles. The van der Waals surface area contributed by atoms with Gasteiger partial charge >= 0.3 is 6.01 Å². The Balaban J connectivity index is 1.27. The highest BCUT2D eigenvalue weighted by Crippen LogP contribution is 2.22. The average molecular weight is 498 g/mol. The van der Waals surface area contributed by atoms with Crippen LogP contribution in [0.15, 0.2) is 78.9 Å². The third-order valence-corrected chi connectivity index (χ3v) is 6.10. The maximum absolute atomic E-state index is 5.98. The topological polar surface area (TPSA) is 81.6 Å².